The summed E-state index contributed by atoms with van der Waals surface area (Å²) in [6.07, 6.45) is -6.97. The maximum Gasteiger partial charge on any atom is 0.254 e. The molecule has 4 rings (SSSR count). The predicted octanol–water partition coefficient (Wildman–Crippen LogP) is -7.08. The van der Waals surface area contributed by atoms with Crippen molar-refractivity contribution < 1.29 is 44.5 Å². The number of guanidine groups is 1. The molecule has 2 aliphatic carbocycles. The second-order valence-corrected chi connectivity index (χ2v) is 12.4. The molecule has 0 radical (unpaired) electrons. The third-order valence-corrected chi connectivity index (χ3v) is 9.26. The number of hydrogen-bond donors (Lipinski definition) is 13. The molecule has 1 amide bonds. The van der Waals surface area contributed by atoms with Crippen molar-refractivity contribution in [3.8, 4) is 0 Å². The second-order valence-electron chi connectivity index (χ2n) is 12.4. The van der Waals surface area contributed by atoms with Gasteiger partial charge in [0.1, 0.15) is 24.4 Å². The zero-order valence-electron chi connectivity index (χ0n) is 24.7. The van der Waals surface area contributed by atoms with Gasteiger partial charge in [0.25, 0.3) is 5.91 Å². The van der Waals surface area contributed by atoms with E-state index in [0.717, 1.165) is 6.42 Å². The van der Waals surface area contributed by atoms with E-state index in [1.807, 2.05) is 0 Å². The summed E-state index contributed by atoms with van der Waals surface area (Å²) in [5, 5.41) is 59.8. The van der Waals surface area contributed by atoms with E-state index in [1.165, 1.54) is 0 Å². The van der Waals surface area contributed by atoms with Crippen molar-refractivity contribution in [3.63, 3.8) is 0 Å². The second kappa shape index (κ2) is 14.8. The van der Waals surface area contributed by atoms with Crippen LogP contribution in [0.5, 0.6) is 0 Å². The molecule has 18 heteroatoms. The van der Waals surface area contributed by atoms with Crippen LogP contribution in [0.1, 0.15) is 32.1 Å². The van der Waals surface area contributed by atoms with Crippen molar-refractivity contribution in [2.75, 3.05) is 26.2 Å². The molecule has 2 saturated carbocycles. The maximum absolute atomic E-state index is 13.2. The Bertz CT molecular complexity index is 993. The van der Waals surface area contributed by atoms with Gasteiger partial charge < -0.3 is 84.8 Å². The first-order valence-corrected chi connectivity index (χ1v) is 15.2. The minimum absolute atomic E-state index is 0.0197. The van der Waals surface area contributed by atoms with Crippen molar-refractivity contribution in [1.29, 1.82) is 0 Å². The standard InChI is InChI=1S/C26H51N9O9/c27-4-1-5-33-12-3-2-10(8-28)42-21(12)16-11(29)6-13(34-24(40)26(41)7-15(26)35-25(31)32)22(19(16)38)44-23-20(39)17(30)18(37)14(9-36)43-23/h10-23,33,36-39,41H,1-9,27-30H2,(H,34,40)(H4,31,32,35). The minimum Gasteiger partial charge on any atom is -0.394 e. The van der Waals surface area contributed by atoms with Crippen molar-refractivity contribution >= 4 is 11.9 Å². The first kappa shape index (κ1) is 35.1. The molecule has 19 N–H and O–H groups in total. The van der Waals surface area contributed by atoms with Crippen molar-refractivity contribution in [3.05, 3.63) is 0 Å². The number of nitrogens with one attached hydrogen (secondary N) is 2. The van der Waals surface area contributed by atoms with E-state index in [0.29, 0.717) is 25.9 Å². The highest BCUT2D eigenvalue weighted by Crippen LogP contribution is 2.41. The Hall–Kier alpha value is -1.78. The number of hydrogen-bond acceptors (Lipinski definition) is 15. The molecule has 2 saturated heterocycles. The number of nitrogens with zero attached hydrogens (tertiary/aromatic N) is 1. The number of carbonyl (C=O) groups is 1. The van der Waals surface area contributed by atoms with E-state index in [-0.39, 0.29) is 37.5 Å². The molecule has 15 atom stereocenters. The van der Waals surface area contributed by atoms with E-state index < -0.39 is 91.1 Å². The zero-order valence-corrected chi connectivity index (χ0v) is 24.7. The number of amides is 1. The highest BCUT2D eigenvalue weighted by Gasteiger charge is 2.61. The molecule has 0 aromatic heterocycles. The van der Waals surface area contributed by atoms with Gasteiger partial charge in [0.05, 0.1) is 43.0 Å². The lowest BCUT2D eigenvalue weighted by atomic mass is 9.72. The lowest BCUT2D eigenvalue weighted by Crippen LogP contribution is -2.70. The molecule has 2 aliphatic heterocycles. The van der Waals surface area contributed by atoms with Crippen LogP contribution >= 0.6 is 0 Å². The fourth-order valence-corrected chi connectivity index (χ4v) is 6.59. The molecule has 0 aromatic rings. The Morgan fingerprint density at radius 2 is 1.77 bits per heavy atom. The molecule has 254 valence electrons. The number of ether oxygens (including phenoxy) is 3. The molecule has 0 spiro atoms. The lowest BCUT2D eigenvalue weighted by Gasteiger charge is -2.51. The van der Waals surface area contributed by atoms with Crippen LogP contribution < -0.4 is 45.0 Å². The van der Waals surface area contributed by atoms with Gasteiger partial charge in [-0.05, 0) is 38.8 Å². The zero-order chi connectivity index (χ0) is 32.3. The summed E-state index contributed by atoms with van der Waals surface area (Å²) in [5.41, 5.74) is 33.2. The number of aliphatic hydroxyl groups is 5. The van der Waals surface area contributed by atoms with Gasteiger partial charge in [-0.15, -0.1) is 0 Å². The molecule has 18 nitrogen and oxygen atoms in total. The van der Waals surface area contributed by atoms with Crippen molar-refractivity contribution in [1.82, 2.24) is 10.6 Å². The quantitative estimate of drug-likeness (QED) is 0.0539. The predicted molar refractivity (Wildman–Crippen MR) is 156 cm³/mol. The smallest absolute Gasteiger partial charge is 0.254 e. The average molecular weight is 634 g/mol. The first-order valence-electron chi connectivity index (χ1n) is 15.2. The fourth-order valence-electron chi connectivity index (χ4n) is 6.59. The summed E-state index contributed by atoms with van der Waals surface area (Å²) in [6, 6.07) is -4.00. The van der Waals surface area contributed by atoms with Crippen LogP contribution in [0.25, 0.3) is 0 Å². The van der Waals surface area contributed by atoms with Crippen LogP contribution in [-0.4, -0.2) is 148 Å². The molecule has 0 bridgehead atoms. The number of rotatable bonds is 12. The summed E-state index contributed by atoms with van der Waals surface area (Å²) in [6.45, 7) is 0.758. The third-order valence-electron chi connectivity index (χ3n) is 9.26. The fraction of sp³-hybridized carbons (Fsp3) is 0.923. The monoisotopic (exact) mass is 633 g/mol. The van der Waals surface area contributed by atoms with E-state index in [9.17, 15) is 30.3 Å². The summed E-state index contributed by atoms with van der Waals surface area (Å²) in [7, 11) is 0. The lowest BCUT2D eigenvalue weighted by molar-refractivity contribution is -0.306. The number of carbonyl (C=O) groups excluding carboxylic acids is 1. The van der Waals surface area contributed by atoms with Gasteiger partial charge in [-0.3, -0.25) is 4.79 Å². The average Bonchev–Trinajstić information content (AvgIpc) is 3.64. The van der Waals surface area contributed by atoms with Gasteiger partial charge in [0.2, 0.25) is 0 Å². The summed E-state index contributed by atoms with van der Waals surface area (Å²) < 4.78 is 18.1. The van der Waals surface area contributed by atoms with Crippen LogP contribution in [-0.2, 0) is 19.0 Å². The number of aliphatic hydroxyl groups excluding tert-OH is 4. The van der Waals surface area contributed by atoms with E-state index in [2.05, 4.69) is 15.6 Å². The van der Waals surface area contributed by atoms with Crippen molar-refractivity contribution in [2.45, 2.75) is 117 Å². The first-order chi connectivity index (χ1) is 20.9. The van der Waals surface area contributed by atoms with Crippen LogP contribution in [0, 0.1) is 5.92 Å². The Morgan fingerprint density at radius 3 is 2.41 bits per heavy atom. The van der Waals surface area contributed by atoms with Crippen LogP contribution in [0.4, 0.5) is 0 Å². The number of nitrogens with two attached hydrogens (primary N) is 6. The van der Waals surface area contributed by atoms with E-state index in [1.54, 1.807) is 0 Å². The molecular weight excluding hydrogens is 582 g/mol. The molecule has 15 unspecified atom stereocenters. The molecule has 4 aliphatic rings. The van der Waals surface area contributed by atoms with Crippen LogP contribution in [0.3, 0.4) is 0 Å². The Kier molecular flexibility index (Phi) is 11.8. The van der Waals surface area contributed by atoms with Gasteiger partial charge in [-0.25, -0.2) is 4.99 Å². The topological polar surface area (TPSA) is 338 Å². The minimum atomic E-state index is -1.88. The molecule has 0 aromatic carbocycles. The molecule has 44 heavy (non-hydrogen) atoms. The summed E-state index contributed by atoms with van der Waals surface area (Å²) in [4.78, 5) is 17.1. The molecular formula is C26H51N9O9. The maximum atomic E-state index is 13.2. The normalized spacial score (nSPS) is 45.8. The SMILES string of the molecule is NCCCNC1CCC(CN)OC1C1C(N)CC(NC(=O)C2(O)CC2N=C(N)N)C(OC2OC(CO)C(O)C(N)C2O)C1O. The van der Waals surface area contributed by atoms with Crippen LogP contribution in [0.15, 0.2) is 4.99 Å². The van der Waals surface area contributed by atoms with Crippen molar-refractivity contribution in [2.24, 2.45) is 45.3 Å². The third kappa shape index (κ3) is 7.43. The Morgan fingerprint density at radius 1 is 1.05 bits per heavy atom. The summed E-state index contributed by atoms with van der Waals surface area (Å²) in [5.74, 6) is -1.81. The van der Waals surface area contributed by atoms with E-state index in [4.69, 9.17) is 48.6 Å². The van der Waals surface area contributed by atoms with Gasteiger partial charge in [-0.2, -0.15) is 0 Å². The van der Waals surface area contributed by atoms with Gasteiger partial charge >= 0.3 is 0 Å². The van der Waals surface area contributed by atoms with Gasteiger partial charge in [0, 0.05) is 31.0 Å². The number of aliphatic imine (C=N–C) groups is 1. The molecule has 2 heterocycles. The Labute approximate surface area is 255 Å². The van der Waals surface area contributed by atoms with Crippen LogP contribution in [0.2, 0.25) is 0 Å². The highest BCUT2D eigenvalue weighted by molar-refractivity contribution is 5.90. The summed E-state index contributed by atoms with van der Waals surface area (Å²) >= 11 is 0. The molecule has 4 fully saturated rings. The highest BCUT2D eigenvalue weighted by atomic mass is 16.7. The van der Waals surface area contributed by atoms with Gasteiger partial charge in [0.15, 0.2) is 17.9 Å². The Balaban J connectivity index is 1.61. The van der Waals surface area contributed by atoms with Gasteiger partial charge in [-0.1, -0.05) is 0 Å². The largest absolute Gasteiger partial charge is 0.394 e. The van der Waals surface area contributed by atoms with E-state index >= 15 is 0 Å².